The molecule has 0 spiro atoms. The molecule has 1 amide bonds. The van der Waals surface area contributed by atoms with E-state index in [1.54, 1.807) is 12.1 Å². The van der Waals surface area contributed by atoms with Gasteiger partial charge in [-0.15, -0.1) is 0 Å². The number of rotatable bonds is 4. The van der Waals surface area contributed by atoms with Crippen molar-refractivity contribution in [3.8, 4) is 0 Å². The molecule has 0 atom stereocenters. The summed E-state index contributed by atoms with van der Waals surface area (Å²) in [6.07, 6.45) is 0. The van der Waals surface area contributed by atoms with E-state index < -0.39 is 35.7 Å². The first kappa shape index (κ1) is 16.6. The zero-order valence-electron chi connectivity index (χ0n) is 12.7. The molecule has 2 aromatic carbocycles. The molecule has 0 heterocycles. The Labute approximate surface area is 132 Å². The van der Waals surface area contributed by atoms with Crippen molar-refractivity contribution in [3.63, 3.8) is 0 Å². The molecule has 0 bridgehead atoms. The number of ether oxygens (including phenoxy) is 1. The van der Waals surface area contributed by atoms with Crippen molar-refractivity contribution in [3.05, 3.63) is 64.7 Å². The summed E-state index contributed by atoms with van der Waals surface area (Å²) in [4.78, 5) is 23.4. The molecule has 0 saturated carbocycles. The van der Waals surface area contributed by atoms with E-state index >= 15 is 0 Å². The number of halogens is 2. The number of nitrogens with one attached hydrogen (secondary N) is 1. The Morgan fingerprint density at radius 2 is 1.70 bits per heavy atom. The fourth-order valence-corrected chi connectivity index (χ4v) is 2.11. The van der Waals surface area contributed by atoms with Crippen LogP contribution < -0.4 is 5.32 Å². The van der Waals surface area contributed by atoms with Crippen molar-refractivity contribution in [1.82, 2.24) is 0 Å². The van der Waals surface area contributed by atoms with Crippen LogP contribution in [0.1, 0.15) is 21.5 Å². The second kappa shape index (κ2) is 7.00. The topological polar surface area (TPSA) is 55.4 Å². The summed E-state index contributed by atoms with van der Waals surface area (Å²) >= 11 is 0. The zero-order chi connectivity index (χ0) is 17.0. The van der Waals surface area contributed by atoms with Gasteiger partial charge in [0.15, 0.2) is 6.61 Å². The first-order valence-electron chi connectivity index (χ1n) is 6.85. The Bertz CT molecular complexity index is 739. The molecule has 23 heavy (non-hydrogen) atoms. The Kier molecular flexibility index (Phi) is 5.05. The molecule has 6 heteroatoms. The fourth-order valence-electron chi connectivity index (χ4n) is 2.11. The van der Waals surface area contributed by atoms with E-state index in [4.69, 9.17) is 4.74 Å². The smallest absolute Gasteiger partial charge is 0.341 e. The van der Waals surface area contributed by atoms with Gasteiger partial charge in [0.05, 0.1) is 5.56 Å². The number of carbonyl (C=O) groups is 2. The van der Waals surface area contributed by atoms with Gasteiger partial charge in [-0.2, -0.15) is 0 Å². The Balaban J connectivity index is 1.94. The van der Waals surface area contributed by atoms with E-state index in [9.17, 15) is 18.4 Å². The summed E-state index contributed by atoms with van der Waals surface area (Å²) < 4.78 is 30.9. The summed E-state index contributed by atoms with van der Waals surface area (Å²) in [5, 5.41) is 2.58. The molecule has 0 aliphatic rings. The average molecular weight is 319 g/mol. The number of amides is 1. The first-order chi connectivity index (χ1) is 10.8. The lowest BCUT2D eigenvalue weighted by atomic mass is 10.1. The highest BCUT2D eigenvalue weighted by atomic mass is 19.1. The Morgan fingerprint density at radius 1 is 1.04 bits per heavy atom. The third-order valence-electron chi connectivity index (χ3n) is 2.99. The van der Waals surface area contributed by atoms with Gasteiger partial charge in [0, 0.05) is 11.8 Å². The molecule has 0 saturated heterocycles. The molecular weight excluding hydrogens is 304 g/mol. The van der Waals surface area contributed by atoms with E-state index in [1.807, 2.05) is 19.9 Å². The predicted molar refractivity (Wildman–Crippen MR) is 81.2 cm³/mol. The van der Waals surface area contributed by atoms with E-state index in [0.717, 1.165) is 23.3 Å². The van der Waals surface area contributed by atoms with E-state index in [1.165, 1.54) is 0 Å². The third kappa shape index (κ3) is 4.60. The van der Waals surface area contributed by atoms with Crippen molar-refractivity contribution in [2.75, 3.05) is 11.9 Å². The maximum atomic E-state index is 13.4. The maximum absolute atomic E-state index is 13.4. The van der Waals surface area contributed by atoms with Crippen LogP contribution in [0.2, 0.25) is 0 Å². The number of carbonyl (C=O) groups excluding carboxylic acids is 2. The van der Waals surface area contributed by atoms with Crippen LogP contribution in [-0.4, -0.2) is 18.5 Å². The lowest BCUT2D eigenvalue weighted by molar-refractivity contribution is -0.119. The monoisotopic (exact) mass is 319 g/mol. The van der Waals surface area contributed by atoms with Gasteiger partial charge in [-0.1, -0.05) is 6.07 Å². The highest BCUT2D eigenvalue weighted by Crippen LogP contribution is 2.14. The zero-order valence-corrected chi connectivity index (χ0v) is 12.7. The van der Waals surface area contributed by atoms with Crippen LogP contribution in [0, 0.1) is 25.5 Å². The lowest BCUT2D eigenvalue weighted by Crippen LogP contribution is -2.21. The molecule has 0 aromatic heterocycles. The molecule has 0 radical (unpaired) electrons. The van der Waals surface area contributed by atoms with E-state index in [2.05, 4.69) is 5.32 Å². The van der Waals surface area contributed by atoms with Crippen LogP contribution >= 0.6 is 0 Å². The molecule has 2 rings (SSSR count). The highest BCUT2D eigenvalue weighted by Gasteiger charge is 2.15. The van der Waals surface area contributed by atoms with Gasteiger partial charge in [-0.05, 0) is 49.2 Å². The predicted octanol–water partition coefficient (Wildman–Crippen LogP) is 3.38. The quantitative estimate of drug-likeness (QED) is 0.879. The molecule has 0 aliphatic carbocycles. The average Bonchev–Trinajstić information content (AvgIpc) is 2.43. The number of hydrogen-bond donors (Lipinski definition) is 1. The minimum atomic E-state index is -1.04. The van der Waals surface area contributed by atoms with Gasteiger partial charge in [0.2, 0.25) is 0 Å². The van der Waals surface area contributed by atoms with Crippen LogP contribution in [0.5, 0.6) is 0 Å². The SMILES string of the molecule is Cc1cc(C)cc(NC(=O)COC(=O)c2ccc(F)cc2F)c1. The second-order valence-corrected chi connectivity index (χ2v) is 5.12. The third-order valence-corrected chi connectivity index (χ3v) is 2.99. The van der Waals surface area contributed by atoms with Crippen molar-refractivity contribution in [1.29, 1.82) is 0 Å². The molecule has 0 fully saturated rings. The van der Waals surface area contributed by atoms with Crippen LogP contribution in [0.3, 0.4) is 0 Å². The maximum Gasteiger partial charge on any atom is 0.341 e. The summed E-state index contributed by atoms with van der Waals surface area (Å²) in [6.45, 7) is 3.21. The first-order valence-corrected chi connectivity index (χ1v) is 6.85. The largest absolute Gasteiger partial charge is 0.452 e. The number of anilines is 1. The van der Waals surface area contributed by atoms with Crippen molar-refractivity contribution < 1.29 is 23.1 Å². The van der Waals surface area contributed by atoms with Crippen molar-refractivity contribution in [2.45, 2.75) is 13.8 Å². The summed E-state index contributed by atoms with van der Waals surface area (Å²) in [5.41, 5.74) is 2.11. The summed E-state index contributed by atoms with van der Waals surface area (Å²) in [5.74, 6) is -3.42. The van der Waals surface area contributed by atoms with E-state index in [0.29, 0.717) is 11.8 Å². The van der Waals surface area contributed by atoms with Crippen LogP contribution in [0.15, 0.2) is 36.4 Å². The minimum absolute atomic E-state index is 0.425. The lowest BCUT2D eigenvalue weighted by Gasteiger charge is -2.08. The van der Waals surface area contributed by atoms with Crippen molar-refractivity contribution >= 4 is 17.6 Å². The van der Waals surface area contributed by atoms with Crippen molar-refractivity contribution in [2.24, 2.45) is 0 Å². The Morgan fingerprint density at radius 3 is 2.30 bits per heavy atom. The van der Waals surface area contributed by atoms with Gasteiger partial charge in [-0.3, -0.25) is 4.79 Å². The van der Waals surface area contributed by atoms with E-state index in [-0.39, 0.29) is 0 Å². The summed E-state index contributed by atoms with van der Waals surface area (Å²) in [6, 6.07) is 7.97. The summed E-state index contributed by atoms with van der Waals surface area (Å²) in [7, 11) is 0. The van der Waals surface area contributed by atoms with Crippen LogP contribution in [-0.2, 0) is 9.53 Å². The fraction of sp³-hybridized carbons (Fsp3) is 0.176. The van der Waals surface area contributed by atoms with Crippen LogP contribution in [0.4, 0.5) is 14.5 Å². The Hall–Kier alpha value is -2.76. The molecule has 0 unspecified atom stereocenters. The number of benzene rings is 2. The van der Waals surface area contributed by atoms with Gasteiger partial charge < -0.3 is 10.1 Å². The highest BCUT2D eigenvalue weighted by molar-refractivity contribution is 5.95. The number of esters is 1. The normalized spacial score (nSPS) is 10.3. The molecule has 4 nitrogen and oxygen atoms in total. The molecule has 120 valence electrons. The number of aryl methyl sites for hydroxylation is 2. The van der Waals surface area contributed by atoms with Gasteiger partial charge in [0.25, 0.3) is 5.91 Å². The van der Waals surface area contributed by atoms with Gasteiger partial charge in [-0.25, -0.2) is 13.6 Å². The molecule has 0 aliphatic heterocycles. The van der Waals surface area contributed by atoms with Gasteiger partial charge >= 0.3 is 5.97 Å². The number of hydrogen-bond acceptors (Lipinski definition) is 3. The molecule has 2 aromatic rings. The molecule has 1 N–H and O–H groups in total. The van der Waals surface area contributed by atoms with Crippen LogP contribution in [0.25, 0.3) is 0 Å². The van der Waals surface area contributed by atoms with Gasteiger partial charge in [0.1, 0.15) is 11.6 Å². The second-order valence-electron chi connectivity index (χ2n) is 5.12. The standard InChI is InChI=1S/C17H15F2NO3/c1-10-5-11(2)7-13(6-10)20-16(21)9-23-17(22)14-4-3-12(18)8-15(14)19/h3-8H,9H2,1-2H3,(H,20,21). The minimum Gasteiger partial charge on any atom is -0.452 e. The molecular formula is C17H15F2NO3.